The molecule has 4 nitrogen and oxygen atoms in total. The van der Waals surface area contributed by atoms with Gasteiger partial charge in [0.2, 0.25) is 0 Å². The molecular weight excluding hydrogens is 254 g/mol. The highest BCUT2D eigenvalue weighted by atomic mass is 16.4. The lowest BCUT2D eigenvalue weighted by molar-refractivity contribution is -0.116. The Labute approximate surface area is 118 Å². The Kier molecular flexibility index (Phi) is 4.48. The van der Waals surface area contributed by atoms with E-state index in [2.05, 4.69) is 4.98 Å². The van der Waals surface area contributed by atoms with Gasteiger partial charge in [-0.15, -0.1) is 0 Å². The van der Waals surface area contributed by atoms with Crippen LogP contribution in [-0.4, -0.2) is 10.8 Å². The summed E-state index contributed by atoms with van der Waals surface area (Å²) in [6.07, 6.45) is 0.258. The van der Waals surface area contributed by atoms with Crippen LogP contribution in [0.1, 0.15) is 46.4 Å². The zero-order valence-electron chi connectivity index (χ0n) is 11.6. The van der Waals surface area contributed by atoms with Crippen LogP contribution >= 0.6 is 0 Å². The van der Waals surface area contributed by atoms with E-state index in [-0.39, 0.29) is 25.0 Å². The highest BCUT2D eigenvalue weighted by Gasteiger charge is 2.21. The van der Waals surface area contributed by atoms with Crippen LogP contribution < -0.4 is 5.76 Å². The molecule has 1 aromatic heterocycles. The Balaban J connectivity index is 0.00000200. The summed E-state index contributed by atoms with van der Waals surface area (Å²) in [5.41, 5.74) is 1.64. The van der Waals surface area contributed by atoms with Gasteiger partial charge in [-0.25, -0.2) is 4.79 Å². The number of nitrogens with zero attached hydrogens (tertiary/aromatic N) is 1. The predicted molar refractivity (Wildman–Crippen MR) is 80.1 cm³/mol. The van der Waals surface area contributed by atoms with Crippen molar-refractivity contribution in [3.63, 3.8) is 0 Å². The highest BCUT2D eigenvalue weighted by molar-refractivity contribution is 5.87. The quantitative estimate of drug-likeness (QED) is 0.844. The largest absolute Gasteiger partial charge is 0.439 e. The first-order valence-electron chi connectivity index (χ1n) is 6.21. The van der Waals surface area contributed by atoms with Crippen LogP contribution in [0, 0.1) is 0 Å². The van der Waals surface area contributed by atoms with E-state index in [0.717, 1.165) is 10.9 Å². The number of aromatic nitrogens is 1. The zero-order chi connectivity index (χ0) is 14.2. The fourth-order valence-electron chi connectivity index (χ4n) is 2.13. The molecule has 0 aliphatic heterocycles. The number of benzene rings is 1. The smallest absolute Gasteiger partial charge is 0.408 e. The maximum atomic E-state index is 11.6. The fourth-order valence-corrected chi connectivity index (χ4v) is 2.13. The molecule has 0 unspecified atom stereocenters. The van der Waals surface area contributed by atoms with Gasteiger partial charge in [0.25, 0.3) is 0 Å². The molecular formula is C16H21NO3. The Bertz CT molecular complexity index is 693. The van der Waals surface area contributed by atoms with E-state index in [1.807, 2.05) is 32.9 Å². The van der Waals surface area contributed by atoms with Crippen molar-refractivity contribution in [3.8, 4) is 0 Å². The van der Waals surface area contributed by atoms with Gasteiger partial charge in [-0.3, -0.25) is 4.79 Å². The van der Waals surface area contributed by atoms with Crippen LogP contribution in [0.2, 0.25) is 0 Å². The van der Waals surface area contributed by atoms with Crippen LogP contribution in [0.5, 0.6) is 0 Å². The number of rotatable bonds is 2. The average Bonchev–Trinajstić information content (AvgIpc) is 2.27. The van der Waals surface area contributed by atoms with E-state index in [1.165, 1.54) is 6.92 Å². The molecule has 0 radical (unpaired) electrons. The monoisotopic (exact) mass is 275 g/mol. The van der Waals surface area contributed by atoms with Gasteiger partial charge in [0.15, 0.2) is 0 Å². The number of ketones is 1. The van der Waals surface area contributed by atoms with E-state index in [9.17, 15) is 9.59 Å². The van der Waals surface area contributed by atoms with E-state index in [0.29, 0.717) is 11.3 Å². The molecule has 4 heteroatoms. The number of carbonyl (C=O) groups excluding carboxylic acids is 1. The summed E-state index contributed by atoms with van der Waals surface area (Å²) in [4.78, 5) is 26.9. The standard InChI is InChI=1S/C15H17NO3.CH4/c1-9(17)8-10-6-5-7-11-12(10)19-14(18)16-13(11)15(2,3)4;/h5-7H,8H2,1-4H3;1H4. The highest BCUT2D eigenvalue weighted by Crippen LogP contribution is 2.28. The molecule has 20 heavy (non-hydrogen) atoms. The van der Waals surface area contributed by atoms with Gasteiger partial charge in [-0.1, -0.05) is 40.3 Å². The van der Waals surface area contributed by atoms with Crippen molar-refractivity contribution in [1.29, 1.82) is 0 Å². The van der Waals surface area contributed by atoms with Crippen LogP contribution in [0.25, 0.3) is 11.0 Å². The number of hydrogen-bond acceptors (Lipinski definition) is 4. The third-order valence-electron chi connectivity index (χ3n) is 2.89. The van der Waals surface area contributed by atoms with Gasteiger partial charge in [-0.05, 0) is 13.0 Å². The number of carbonyl (C=O) groups is 1. The summed E-state index contributed by atoms with van der Waals surface area (Å²) in [6, 6.07) is 5.53. The third-order valence-corrected chi connectivity index (χ3v) is 2.89. The number of para-hydroxylation sites is 1. The number of hydrogen-bond donors (Lipinski definition) is 0. The topological polar surface area (TPSA) is 60.2 Å². The average molecular weight is 275 g/mol. The van der Waals surface area contributed by atoms with E-state index >= 15 is 0 Å². The summed E-state index contributed by atoms with van der Waals surface area (Å²) in [5, 5.41) is 0.797. The second-order valence-corrected chi connectivity index (χ2v) is 5.75. The molecule has 1 heterocycles. The normalized spacial score (nSPS) is 11.2. The van der Waals surface area contributed by atoms with E-state index in [4.69, 9.17) is 4.42 Å². The maximum absolute atomic E-state index is 11.6. The summed E-state index contributed by atoms with van der Waals surface area (Å²) >= 11 is 0. The minimum absolute atomic E-state index is 0. The number of Topliss-reactive ketones (excluding diaryl/α,β-unsaturated/α-hetero) is 1. The molecule has 0 aliphatic carbocycles. The predicted octanol–water partition coefficient (Wildman–Crippen LogP) is 3.25. The second-order valence-electron chi connectivity index (χ2n) is 5.75. The molecule has 1 aromatic carbocycles. The number of fused-ring (bicyclic) bond motifs is 1. The summed E-state index contributed by atoms with van der Waals surface area (Å²) in [7, 11) is 0. The second kappa shape index (κ2) is 5.57. The molecule has 0 spiro atoms. The lowest BCUT2D eigenvalue weighted by Gasteiger charge is -2.19. The molecule has 0 saturated carbocycles. The van der Waals surface area contributed by atoms with Crippen molar-refractivity contribution in [2.75, 3.05) is 0 Å². The molecule has 108 valence electrons. The van der Waals surface area contributed by atoms with Gasteiger partial charge < -0.3 is 4.42 Å². The molecule has 0 aliphatic rings. The Morgan fingerprint density at radius 1 is 1.30 bits per heavy atom. The molecule has 0 N–H and O–H groups in total. The molecule has 2 rings (SSSR count). The van der Waals surface area contributed by atoms with Gasteiger partial charge in [0.05, 0.1) is 5.69 Å². The van der Waals surface area contributed by atoms with Crippen molar-refractivity contribution < 1.29 is 9.21 Å². The molecule has 0 amide bonds. The van der Waals surface area contributed by atoms with Crippen molar-refractivity contribution >= 4 is 16.8 Å². The lowest BCUT2D eigenvalue weighted by atomic mass is 9.88. The van der Waals surface area contributed by atoms with Crippen LogP contribution in [-0.2, 0) is 16.6 Å². The molecule has 0 atom stereocenters. The fraction of sp³-hybridized carbons (Fsp3) is 0.438. The van der Waals surface area contributed by atoms with Crippen LogP contribution in [0.15, 0.2) is 27.4 Å². The van der Waals surface area contributed by atoms with E-state index < -0.39 is 5.76 Å². The Morgan fingerprint density at radius 3 is 2.50 bits per heavy atom. The van der Waals surface area contributed by atoms with Crippen molar-refractivity contribution in [2.24, 2.45) is 0 Å². The minimum atomic E-state index is -0.617. The van der Waals surface area contributed by atoms with Gasteiger partial charge >= 0.3 is 5.76 Å². The first-order valence-corrected chi connectivity index (χ1v) is 6.21. The Morgan fingerprint density at radius 2 is 1.95 bits per heavy atom. The summed E-state index contributed by atoms with van der Waals surface area (Å²) in [5.74, 6) is -0.585. The van der Waals surface area contributed by atoms with Crippen molar-refractivity contribution in [3.05, 3.63) is 40.0 Å². The third kappa shape index (κ3) is 3.13. The van der Waals surface area contributed by atoms with Crippen molar-refractivity contribution in [2.45, 2.75) is 47.0 Å². The molecule has 0 saturated heterocycles. The first kappa shape index (κ1) is 16.1. The van der Waals surface area contributed by atoms with E-state index in [1.54, 1.807) is 6.07 Å². The zero-order valence-corrected chi connectivity index (χ0v) is 11.6. The molecule has 2 aromatic rings. The molecule has 0 bridgehead atoms. The van der Waals surface area contributed by atoms with Crippen molar-refractivity contribution in [1.82, 2.24) is 4.98 Å². The van der Waals surface area contributed by atoms with Gasteiger partial charge in [-0.2, -0.15) is 4.98 Å². The Hall–Kier alpha value is -1.97. The lowest BCUT2D eigenvalue weighted by Crippen LogP contribution is -2.20. The van der Waals surface area contributed by atoms with Gasteiger partial charge in [0.1, 0.15) is 11.4 Å². The first-order chi connectivity index (χ1) is 8.79. The summed E-state index contributed by atoms with van der Waals surface area (Å²) < 4.78 is 5.21. The van der Waals surface area contributed by atoms with Crippen LogP contribution in [0.3, 0.4) is 0 Å². The minimum Gasteiger partial charge on any atom is -0.408 e. The van der Waals surface area contributed by atoms with Gasteiger partial charge in [0, 0.05) is 22.8 Å². The SMILES string of the molecule is C.CC(=O)Cc1cccc2c(C(C)(C)C)nc(=O)oc12. The maximum Gasteiger partial charge on any atom is 0.439 e. The summed E-state index contributed by atoms with van der Waals surface area (Å²) in [6.45, 7) is 7.49. The molecule has 0 fully saturated rings. The van der Waals surface area contributed by atoms with Crippen LogP contribution in [0.4, 0.5) is 0 Å².